The second kappa shape index (κ2) is 9.47. The Bertz CT molecular complexity index is 1190. The van der Waals surface area contributed by atoms with Gasteiger partial charge in [-0.1, -0.05) is 60.7 Å². The molecule has 35 heavy (non-hydrogen) atoms. The summed E-state index contributed by atoms with van der Waals surface area (Å²) >= 11 is 0. The zero-order valence-corrected chi connectivity index (χ0v) is 19.8. The minimum atomic E-state index is -1.11. The van der Waals surface area contributed by atoms with Gasteiger partial charge in [0.05, 0.1) is 12.1 Å². The molecular weight excluding hydrogens is 438 g/mol. The molecule has 0 atom stereocenters. The monoisotopic (exact) mass is 467 g/mol. The molecule has 2 heterocycles. The van der Waals surface area contributed by atoms with Crippen LogP contribution >= 0.6 is 0 Å². The summed E-state index contributed by atoms with van der Waals surface area (Å²) in [4.78, 5) is 27.1. The highest BCUT2D eigenvalue weighted by Gasteiger charge is 2.42. The Kier molecular flexibility index (Phi) is 6.22. The number of piperidine rings is 1. The standard InChI is InChI=1S/C29H29N3O3/c1-21-20-27(33)32(30-21)26-14-12-22(13-15-26)28(34)31-18-16-25(17-19-31)29(35,23-8-4-2-5-9-23)24-10-6-3-7-11-24/h2-15,25,35H,16-20H2,1H3. The first kappa shape index (κ1) is 23.0. The summed E-state index contributed by atoms with van der Waals surface area (Å²) in [7, 11) is 0. The number of nitrogens with zero attached hydrogens (tertiary/aromatic N) is 3. The Hall–Kier alpha value is -3.77. The zero-order valence-electron chi connectivity index (χ0n) is 19.8. The van der Waals surface area contributed by atoms with Crippen LogP contribution in [0.3, 0.4) is 0 Å². The lowest BCUT2D eigenvalue weighted by atomic mass is 9.72. The molecule has 0 aromatic heterocycles. The average molecular weight is 468 g/mol. The minimum absolute atomic E-state index is 0.0130. The van der Waals surface area contributed by atoms with Gasteiger partial charge in [0.15, 0.2) is 0 Å². The average Bonchev–Trinajstić information content (AvgIpc) is 3.26. The van der Waals surface area contributed by atoms with Gasteiger partial charge in [-0.05, 0) is 61.1 Å². The second-order valence-electron chi connectivity index (χ2n) is 9.33. The van der Waals surface area contributed by atoms with E-state index in [4.69, 9.17) is 0 Å². The van der Waals surface area contributed by atoms with Gasteiger partial charge in [0, 0.05) is 24.4 Å². The van der Waals surface area contributed by atoms with Gasteiger partial charge < -0.3 is 10.0 Å². The number of likely N-dealkylation sites (tertiary alicyclic amines) is 1. The van der Waals surface area contributed by atoms with Crippen LogP contribution < -0.4 is 5.01 Å². The molecule has 3 aromatic rings. The summed E-state index contributed by atoms with van der Waals surface area (Å²) in [6.07, 6.45) is 1.72. The molecule has 0 aliphatic carbocycles. The number of hydrogen-bond donors (Lipinski definition) is 1. The molecular formula is C29H29N3O3. The maximum atomic E-state index is 13.2. The second-order valence-corrected chi connectivity index (χ2v) is 9.33. The van der Waals surface area contributed by atoms with Crippen molar-refractivity contribution in [2.45, 2.75) is 31.8 Å². The first-order chi connectivity index (χ1) is 17.0. The van der Waals surface area contributed by atoms with Crippen molar-refractivity contribution in [2.24, 2.45) is 11.0 Å². The number of anilines is 1. The molecule has 0 saturated carbocycles. The molecule has 2 aliphatic rings. The molecule has 2 aliphatic heterocycles. The number of carbonyl (C=O) groups excluding carboxylic acids is 2. The SMILES string of the molecule is CC1=NN(c2ccc(C(=O)N3CCC(C(O)(c4ccccc4)c4ccccc4)CC3)cc2)C(=O)C1. The Labute approximate surface area is 205 Å². The van der Waals surface area contributed by atoms with Gasteiger partial charge in [-0.3, -0.25) is 9.59 Å². The van der Waals surface area contributed by atoms with Crippen LogP contribution in [0.2, 0.25) is 0 Å². The van der Waals surface area contributed by atoms with E-state index < -0.39 is 5.60 Å². The Morgan fingerprint density at radius 2 is 1.43 bits per heavy atom. The summed E-state index contributed by atoms with van der Waals surface area (Å²) in [6.45, 7) is 2.97. The van der Waals surface area contributed by atoms with Crippen LogP contribution in [0.15, 0.2) is 90.0 Å². The van der Waals surface area contributed by atoms with Gasteiger partial charge in [-0.25, -0.2) is 5.01 Å². The molecule has 0 bridgehead atoms. The lowest BCUT2D eigenvalue weighted by Crippen LogP contribution is -2.46. The number of hydrogen-bond acceptors (Lipinski definition) is 4. The molecule has 5 rings (SSSR count). The van der Waals surface area contributed by atoms with Crippen molar-refractivity contribution >= 4 is 23.2 Å². The molecule has 2 amide bonds. The van der Waals surface area contributed by atoms with Crippen molar-refractivity contribution < 1.29 is 14.7 Å². The zero-order chi connectivity index (χ0) is 24.4. The highest BCUT2D eigenvalue weighted by Crippen LogP contribution is 2.42. The predicted octanol–water partition coefficient (Wildman–Crippen LogP) is 4.59. The molecule has 1 fully saturated rings. The summed E-state index contributed by atoms with van der Waals surface area (Å²) in [5, 5.41) is 17.7. The molecule has 178 valence electrons. The first-order valence-electron chi connectivity index (χ1n) is 12.1. The Morgan fingerprint density at radius 1 is 0.886 bits per heavy atom. The number of hydrazone groups is 1. The molecule has 6 nitrogen and oxygen atoms in total. The highest BCUT2D eigenvalue weighted by molar-refractivity contribution is 6.12. The minimum Gasteiger partial charge on any atom is -0.380 e. The van der Waals surface area contributed by atoms with Crippen molar-refractivity contribution in [2.75, 3.05) is 18.1 Å². The normalized spacial score (nSPS) is 17.0. The van der Waals surface area contributed by atoms with Crippen LogP contribution in [0.5, 0.6) is 0 Å². The van der Waals surface area contributed by atoms with Gasteiger partial charge in [0.2, 0.25) is 0 Å². The van der Waals surface area contributed by atoms with Gasteiger partial charge >= 0.3 is 0 Å². The van der Waals surface area contributed by atoms with Crippen LogP contribution in [0.25, 0.3) is 0 Å². The maximum Gasteiger partial charge on any atom is 0.253 e. The van der Waals surface area contributed by atoms with E-state index in [1.807, 2.05) is 72.5 Å². The van der Waals surface area contributed by atoms with Crippen molar-refractivity contribution in [3.63, 3.8) is 0 Å². The summed E-state index contributed by atoms with van der Waals surface area (Å²) in [6, 6.07) is 26.7. The fourth-order valence-corrected chi connectivity index (χ4v) is 5.21. The van der Waals surface area contributed by atoms with E-state index in [1.54, 1.807) is 24.3 Å². The van der Waals surface area contributed by atoms with E-state index in [9.17, 15) is 14.7 Å². The lowest BCUT2D eigenvalue weighted by Gasteiger charge is -2.42. The molecule has 0 spiro atoms. The smallest absolute Gasteiger partial charge is 0.253 e. The molecule has 6 heteroatoms. The third kappa shape index (κ3) is 4.37. The number of aliphatic hydroxyl groups is 1. The van der Waals surface area contributed by atoms with Crippen LogP contribution in [-0.4, -0.2) is 40.6 Å². The highest BCUT2D eigenvalue weighted by atomic mass is 16.3. The number of rotatable bonds is 5. The quantitative estimate of drug-likeness (QED) is 0.597. The van der Waals surface area contributed by atoms with Crippen molar-refractivity contribution in [3.8, 4) is 0 Å². The first-order valence-corrected chi connectivity index (χ1v) is 12.1. The Morgan fingerprint density at radius 3 is 1.91 bits per heavy atom. The third-order valence-corrected chi connectivity index (χ3v) is 7.07. The molecule has 0 unspecified atom stereocenters. The van der Waals surface area contributed by atoms with E-state index in [0.717, 1.165) is 16.8 Å². The van der Waals surface area contributed by atoms with Crippen LogP contribution in [0.4, 0.5) is 5.69 Å². The predicted molar refractivity (Wildman–Crippen MR) is 136 cm³/mol. The largest absolute Gasteiger partial charge is 0.380 e. The van der Waals surface area contributed by atoms with Crippen LogP contribution in [-0.2, 0) is 10.4 Å². The van der Waals surface area contributed by atoms with E-state index in [1.165, 1.54) is 5.01 Å². The molecule has 1 saturated heterocycles. The van der Waals surface area contributed by atoms with Crippen LogP contribution in [0, 0.1) is 5.92 Å². The number of carbonyl (C=O) groups is 2. The van der Waals surface area contributed by atoms with E-state index in [0.29, 0.717) is 43.6 Å². The summed E-state index contributed by atoms with van der Waals surface area (Å²) in [5.74, 6) is -0.112. The lowest BCUT2D eigenvalue weighted by molar-refractivity contribution is -0.116. The van der Waals surface area contributed by atoms with Gasteiger partial charge in [0.1, 0.15) is 5.60 Å². The van der Waals surface area contributed by atoms with Crippen LogP contribution in [0.1, 0.15) is 47.7 Å². The van der Waals surface area contributed by atoms with E-state index >= 15 is 0 Å². The maximum absolute atomic E-state index is 13.2. The Balaban J connectivity index is 1.30. The third-order valence-electron chi connectivity index (χ3n) is 7.07. The van der Waals surface area contributed by atoms with Gasteiger partial charge in [-0.15, -0.1) is 0 Å². The number of benzene rings is 3. The molecule has 1 N–H and O–H groups in total. The molecule has 0 radical (unpaired) electrons. The fraction of sp³-hybridized carbons (Fsp3) is 0.276. The molecule has 3 aromatic carbocycles. The van der Waals surface area contributed by atoms with E-state index in [2.05, 4.69) is 5.10 Å². The van der Waals surface area contributed by atoms with Gasteiger partial charge in [-0.2, -0.15) is 5.10 Å². The fourth-order valence-electron chi connectivity index (χ4n) is 5.21. The van der Waals surface area contributed by atoms with E-state index in [-0.39, 0.29) is 17.7 Å². The topological polar surface area (TPSA) is 73.2 Å². The summed E-state index contributed by atoms with van der Waals surface area (Å²) < 4.78 is 0. The van der Waals surface area contributed by atoms with Gasteiger partial charge in [0.25, 0.3) is 11.8 Å². The number of amides is 2. The summed E-state index contributed by atoms with van der Waals surface area (Å²) in [5.41, 5.74) is 2.67. The van der Waals surface area contributed by atoms with Crippen molar-refractivity contribution in [1.82, 2.24) is 4.90 Å². The van der Waals surface area contributed by atoms with Crippen molar-refractivity contribution in [1.29, 1.82) is 0 Å². The van der Waals surface area contributed by atoms with Crippen molar-refractivity contribution in [3.05, 3.63) is 102 Å².